The van der Waals surface area contributed by atoms with Crippen LogP contribution in [0.15, 0.2) is 36.4 Å². The van der Waals surface area contributed by atoms with E-state index < -0.39 is 0 Å². The predicted molar refractivity (Wildman–Crippen MR) is 88.1 cm³/mol. The molecule has 0 unspecified atom stereocenters. The first-order valence-electron chi connectivity index (χ1n) is 6.98. The van der Waals surface area contributed by atoms with Crippen LogP contribution < -0.4 is 5.32 Å². The van der Waals surface area contributed by atoms with Gasteiger partial charge in [0.05, 0.1) is 11.4 Å². The van der Waals surface area contributed by atoms with Crippen molar-refractivity contribution in [2.24, 2.45) is 0 Å². The van der Waals surface area contributed by atoms with Crippen LogP contribution in [0.3, 0.4) is 0 Å². The first-order valence-corrected chi connectivity index (χ1v) is 8.02. The fourth-order valence-electron chi connectivity index (χ4n) is 1.83. The first-order chi connectivity index (χ1) is 9.69. The average Bonchev–Trinajstić information content (AvgIpc) is 2.46. The Morgan fingerprint density at radius 1 is 1.15 bits per heavy atom. The maximum Gasteiger partial charge on any atom is 0.141 e. The fourth-order valence-corrected chi connectivity index (χ4v) is 2.44. The molecule has 0 aliphatic rings. The number of aromatic nitrogens is 2. The van der Waals surface area contributed by atoms with Crippen LogP contribution in [0.5, 0.6) is 0 Å². The normalized spacial score (nSPS) is 10.8. The van der Waals surface area contributed by atoms with Crippen molar-refractivity contribution in [2.75, 3.05) is 11.9 Å². The van der Waals surface area contributed by atoms with Gasteiger partial charge in [-0.25, -0.2) is 9.97 Å². The van der Waals surface area contributed by atoms with Crippen LogP contribution in [0.25, 0.3) is 11.3 Å². The summed E-state index contributed by atoms with van der Waals surface area (Å²) in [6.07, 6.45) is 0. The number of rotatable bonds is 6. The van der Waals surface area contributed by atoms with Gasteiger partial charge >= 0.3 is 0 Å². The molecule has 1 heterocycles. The Bertz CT molecular complexity index is 541. The van der Waals surface area contributed by atoms with Gasteiger partial charge in [0.1, 0.15) is 11.6 Å². The highest BCUT2D eigenvalue weighted by Crippen LogP contribution is 2.22. The van der Waals surface area contributed by atoms with Gasteiger partial charge in [0.15, 0.2) is 0 Å². The molecule has 2 aromatic rings. The van der Waals surface area contributed by atoms with E-state index >= 15 is 0 Å². The van der Waals surface area contributed by atoms with Crippen LogP contribution in [0.1, 0.15) is 26.6 Å². The van der Waals surface area contributed by atoms with Gasteiger partial charge in [0.25, 0.3) is 0 Å². The molecule has 0 radical (unpaired) electrons. The van der Waals surface area contributed by atoms with E-state index in [-0.39, 0.29) is 0 Å². The molecule has 0 saturated heterocycles. The molecule has 0 atom stereocenters. The topological polar surface area (TPSA) is 37.8 Å². The van der Waals surface area contributed by atoms with Gasteiger partial charge in [-0.15, -0.1) is 0 Å². The van der Waals surface area contributed by atoms with Gasteiger partial charge in [-0.05, 0) is 12.2 Å². The van der Waals surface area contributed by atoms with Gasteiger partial charge in [-0.2, -0.15) is 11.8 Å². The Morgan fingerprint density at radius 3 is 2.55 bits per heavy atom. The summed E-state index contributed by atoms with van der Waals surface area (Å²) in [7, 11) is 0. The summed E-state index contributed by atoms with van der Waals surface area (Å²) in [5.74, 6) is 2.64. The van der Waals surface area contributed by atoms with Crippen molar-refractivity contribution in [3.05, 3.63) is 42.2 Å². The molecule has 0 aliphatic carbocycles. The zero-order chi connectivity index (χ0) is 14.4. The third-order valence-corrected chi connectivity index (χ3v) is 3.84. The summed E-state index contributed by atoms with van der Waals surface area (Å²) < 4.78 is 0. The van der Waals surface area contributed by atoms with Crippen LogP contribution >= 0.6 is 11.8 Å². The molecule has 4 heteroatoms. The molecule has 2 rings (SSSR count). The van der Waals surface area contributed by atoms with Crippen molar-refractivity contribution in [2.45, 2.75) is 31.8 Å². The lowest BCUT2D eigenvalue weighted by atomic mass is 10.1. The van der Waals surface area contributed by atoms with Crippen molar-refractivity contribution in [1.29, 1.82) is 0 Å². The quantitative estimate of drug-likeness (QED) is 0.863. The molecule has 3 nitrogen and oxygen atoms in total. The van der Waals surface area contributed by atoms with Gasteiger partial charge in [-0.1, -0.05) is 44.2 Å². The van der Waals surface area contributed by atoms with Crippen LogP contribution in [-0.4, -0.2) is 21.8 Å². The Balaban J connectivity index is 2.31. The summed E-state index contributed by atoms with van der Waals surface area (Å²) in [6.45, 7) is 7.32. The van der Waals surface area contributed by atoms with Gasteiger partial charge in [-0.3, -0.25) is 0 Å². The van der Waals surface area contributed by atoms with Crippen LogP contribution in [-0.2, 0) is 5.75 Å². The standard InChI is InChI=1S/C16H21N3S/c1-4-17-15-10-14(13-8-6-5-7-9-13)18-16(19-15)11-20-12(2)3/h5-10,12H,4,11H2,1-3H3,(H,17,18,19). The second-order valence-corrected chi connectivity index (χ2v) is 6.38. The van der Waals surface area contributed by atoms with E-state index in [1.807, 2.05) is 36.0 Å². The molecule has 0 saturated carbocycles. The molecular formula is C16H21N3S. The molecule has 1 aromatic carbocycles. The largest absolute Gasteiger partial charge is 0.370 e. The minimum Gasteiger partial charge on any atom is -0.370 e. The molecule has 1 aromatic heterocycles. The third kappa shape index (κ3) is 4.23. The van der Waals surface area contributed by atoms with Crippen LogP contribution in [0, 0.1) is 0 Å². The molecule has 0 fully saturated rings. The molecule has 0 bridgehead atoms. The molecular weight excluding hydrogens is 266 g/mol. The van der Waals surface area contributed by atoms with Gasteiger partial charge in [0.2, 0.25) is 0 Å². The third-order valence-electron chi connectivity index (χ3n) is 2.75. The Morgan fingerprint density at radius 2 is 1.90 bits per heavy atom. The van der Waals surface area contributed by atoms with E-state index in [0.717, 1.165) is 35.2 Å². The van der Waals surface area contributed by atoms with Gasteiger partial charge < -0.3 is 5.32 Å². The lowest BCUT2D eigenvalue weighted by Crippen LogP contribution is -2.04. The number of thioether (sulfide) groups is 1. The van der Waals surface area contributed by atoms with E-state index in [4.69, 9.17) is 0 Å². The van der Waals surface area contributed by atoms with E-state index in [9.17, 15) is 0 Å². The Labute approximate surface area is 125 Å². The first kappa shape index (κ1) is 14.9. The minimum absolute atomic E-state index is 0.585. The summed E-state index contributed by atoms with van der Waals surface area (Å²) >= 11 is 1.86. The zero-order valence-electron chi connectivity index (χ0n) is 12.3. The summed E-state index contributed by atoms with van der Waals surface area (Å²) in [6, 6.07) is 12.3. The second kappa shape index (κ2) is 7.29. The lowest BCUT2D eigenvalue weighted by molar-refractivity contribution is 1.01. The van der Waals surface area contributed by atoms with Crippen LogP contribution in [0.2, 0.25) is 0 Å². The van der Waals surface area contributed by atoms with Crippen molar-refractivity contribution >= 4 is 17.6 Å². The van der Waals surface area contributed by atoms with E-state index in [2.05, 4.69) is 48.2 Å². The summed E-state index contributed by atoms with van der Waals surface area (Å²) in [4.78, 5) is 9.26. The predicted octanol–water partition coefficient (Wildman–Crippen LogP) is 4.22. The molecule has 20 heavy (non-hydrogen) atoms. The SMILES string of the molecule is CCNc1cc(-c2ccccc2)nc(CSC(C)C)n1. The molecule has 0 amide bonds. The lowest BCUT2D eigenvalue weighted by Gasteiger charge is -2.10. The summed E-state index contributed by atoms with van der Waals surface area (Å²) in [5.41, 5.74) is 2.11. The Hall–Kier alpha value is -1.55. The average molecular weight is 287 g/mol. The summed E-state index contributed by atoms with van der Waals surface area (Å²) in [5, 5.41) is 3.87. The maximum absolute atomic E-state index is 4.69. The van der Waals surface area contributed by atoms with E-state index in [1.54, 1.807) is 0 Å². The molecule has 106 valence electrons. The highest BCUT2D eigenvalue weighted by molar-refractivity contribution is 7.99. The van der Waals surface area contributed by atoms with E-state index in [0.29, 0.717) is 5.25 Å². The van der Waals surface area contributed by atoms with Crippen molar-refractivity contribution < 1.29 is 0 Å². The van der Waals surface area contributed by atoms with E-state index in [1.165, 1.54) is 0 Å². The highest BCUT2D eigenvalue weighted by Gasteiger charge is 2.07. The Kier molecular flexibility index (Phi) is 5.41. The van der Waals surface area contributed by atoms with Crippen molar-refractivity contribution in [3.63, 3.8) is 0 Å². The minimum atomic E-state index is 0.585. The number of benzene rings is 1. The number of anilines is 1. The van der Waals surface area contributed by atoms with Gasteiger partial charge in [0, 0.05) is 18.2 Å². The fraction of sp³-hybridized carbons (Fsp3) is 0.375. The molecule has 0 spiro atoms. The molecule has 0 aliphatic heterocycles. The van der Waals surface area contributed by atoms with Crippen molar-refractivity contribution in [1.82, 2.24) is 9.97 Å². The number of nitrogens with one attached hydrogen (secondary N) is 1. The number of hydrogen-bond donors (Lipinski definition) is 1. The van der Waals surface area contributed by atoms with Crippen LogP contribution in [0.4, 0.5) is 5.82 Å². The number of hydrogen-bond acceptors (Lipinski definition) is 4. The monoisotopic (exact) mass is 287 g/mol. The maximum atomic E-state index is 4.69. The molecule has 1 N–H and O–H groups in total. The highest BCUT2D eigenvalue weighted by atomic mass is 32.2. The van der Waals surface area contributed by atoms with Crippen molar-refractivity contribution in [3.8, 4) is 11.3 Å². The zero-order valence-corrected chi connectivity index (χ0v) is 13.1. The second-order valence-electron chi connectivity index (χ2n) is 4.81. The smallest absolute Gasteiger partial charge is 0.141 e. The number of nitrogens with zero attached hydrogens (tertiary/aromatic N) is 2.